The molecule has 0 aromatic rings. The van der Waals surface area contributed by atoms with E-state index in [4.69, 9.17) is 9.47 Å². The van der Waals surface area contributed by atoms with Gasteiger partial charge in [-0.05, 0) is 67.6 Å². The zero-order valence-corrected chi connectivity index (χ0v) is 12.8. The van der Waals surface area contributed by atoms with Crippen LogP contribution >= 0.6 is 0 Å². The summed E-state index contributed by atoms with van der Waals surface area (Å²) in [7, 11) is 0. The fourth-order valence-electron chi connectivity index (χ4n) is 7.09. The van der Waals surface area contributed by atoms with Gasteiger partial charge < -0.3 is 14.6 Å². The molecule has 5 rings (SSSR count). The summed E-state index contributed by atoms with van der Waals surface area (Å²) in [6.45, 7) is 0.495. The van der Waals surface area contributed by atoms with Crippen LogP contribution in [-0.4, -0.2) is 30.2 Å². The summed E-state index contributed by atoms with van der Waals surface area (Å²) in [5.74, 6) is 4.22. The van der Waals surface area contributed by atoms with E-state index < -0.39 is 0 Å². The Kier molecular flexibility index (Phi) is 3.14. The molecular weight excluding hydrogens is 264 g/mol. The SMILES string of the molecule is OC1CCCC2C3OCOC3C3C4CCCC4CCC3C12. The van der Waals surface area contributed by atoms with Gasteiger partial charge in [0.1, 0.15) is 6.79 Å². The molecule has 1 heterocycles. The maximum Gasteiger partial charge on any atom is 0.147 e. The summed E-state index contributed by atoms with van der Waals surface area (Å²) in [5.41, 5.74) is 0. The van der Waals surface area contributed by atoms with Crippen molar-refractivity contribution < 1.29 is 14.6 Å². The third kappa shape index (κ3) is 1.83. The van der Waals surface area contributed by atoms with E-state index in [-0.39, 0.29) is 12.2 Å². The summed E-state index contributed by atoms with van der Waals surface area (Å²) in [4.78, 5) is 0. The van der Waals surface area contributed by atoms with E-state index in [1.54, 1.807) is 0 Å². The summed E-state index contributed by atoms with van der Waals surface area (Å²) in [6.07, 6.45) is 10.9. The molecule has 5 aliphatic rings. The van der Waals surface area contributed by atoms with Crippen LogP contribution in [0.2, 0.25) is 0 Å². The minimum Gasteiger partial charge on any atom is -0.393 e. The molecule has 0 bridgehead atoms. The molecule has 0 spiro atoms. The van der Waals surface area contributed by atoms with Gasteiger partial charge in [0.05, 0.1) is 18.3 Å². The van der Waals surface area contributed by atoms with Gasteiger partial charge in [-0.15, -0.1) is 0 Å². The van der Waals surface area contributed by atoms with Crippen molar-refractivity contribution >= 4 is 0 Å². The van der Waals surface area contributed by atoms with Crippen molar-refractivity contribution in [3.8, 4) is 0 Å². The average Bonchev–Trinajstić information content (AvgIpc) is 3.15. The normalized spacial score (nSPS) is 59.0. The molecule has 0 amide bonds. The lowest BCUT2D eigenvalue weighted by Crippen LogP contribution is -2.59. The van der Waals surface area contributed by atoms with E-state index in [0.29, 0.717) is 36.6 Å². The third-order valence-electron chi connectivity index (χ3n) is 7.69. The molecule has 21 heavy (non-hydrogen) atoms. The van der Waals surface area contributed by atoms with Crippen LogP contribution in [0.15, 0.2) is 0 Å². The van der Waals surface area contributed by atoms with E-state index in [0.717, 1.165) is 18.3 Å². The smallest absolute Gasteiger partial charge is 0.147 e. The van der Waals surface area contributed by atoms with Crippen molar-refractivity contribution in [1.29, 1.82) is 0 Å². The van der Waals surface area contributed by atoms with E-state index in [9.17, 15) is 5.11 Å². The first-order valence-corrected chi connectivity index (χ1v) is 9.26. The van der Waals surface area contributed by atoms with Crippen LogP contribution < -0.4 is 0 Å². The Morgan fingerprint density at radius 1 is 0.667 bits per heavy atom. The molecule has 1 saturated heterocycles. The zero-order chi connectivity index (χ0) is 14.0. The van der Waals surface area contributed by atoms with E-state index in [2.05, 4.69) is 0 Å². The van der Waals surface area contributed by atoms with Crippen molar-refractivity contribution in [2.24, 2.45) is 35.5 Å². The average molecular weight is 292 g/mol. The Morgan fingerprint density at radius 3 is 2.43 bits per heavy atom. The number of fused-ring (bicyclic) bond motifs is 8. The van der Waals surface area contributed by atoms with Crippen LogP contribution in [0.3, 0.4) is 0 Å². The van der Waals surface area contributed by atoms with Gasteiger partial charge in [0.2, 0.25) is 0 Å². The van der Waals surface area contributed by atoms with Crippen LogP contribution in [0.4, 0.5) is 0 Å². The van der Waals surface area contributed by atoms with Crippen LogP contribution in [0.25, 0.3) is 0 Å². The third-order valence-corrected chi connectivity index (χ3v) is 7.69. The maximum absolute atomic E-state index is 10.7. The monoisotopic (exact) mass is 292 g/mol. The molecule has 0 radical (unpaired) electrons. The van der Waals surface area contributed by atoms with Crippen molar-refractivity contribution in [3.05, 3.63) is 0 Å². The van der Waals surface area contributed by atoms with Gasteiger partial charge in [-0.1, -0.05) is 19.3 Å². The standard InChI is InChI=1S/C18H28O3/c19-14-6-2-5-13-15(14)12-8-7-10-3-1-4-11(10)16(12)18-17(13)20-9-21-18/h10-19H,1-9H2. The van der Waals surface area contributed by atoms with Gasteiger partial charge in [0.15, 0.2) is 0 Å². The molecule has 3 heteroatoms. The fourth-order valence-corrected chi connectivity index (χ4v) is 7.09. The van der Waals surface area contributed by atoms with Gasteiger partial charge in [0, 0.05) is 0 Å². The second-order valence-corrected chi connectivity index (χ2v) is 8.29. The number of aliphatic hydroxyl groups excluding tert-OH is 1. The van der Waals surface area contributed by atoms with E-state index in [1.165, 1.54) is 44.9 Å². The van der Waals surface area contributed by atoms with Gasteiger partial charge in [0.25, 0.3) is 0 Å². The highest BCUT2D eigenvalue weighted by molar-refractivity contribution is 5.08. The number of hydrogen-bond donors (Lipinski definition) is 1. The Balaban J connectivity index is 1.53. The van der Waals surface area contributed by atoms with Crippen molar-refractivity contribution in [3.63, 3.8) is 0 Å². The summed E-state index contributed by atoms with van der Waals surface area (Å²) in [6, 6.07) is 0. The topological polar surface area (TPSA) is 38.7 Å². The number of rotatable bonds is 0. The van der Waals surface area contributed by atoms with E-state index in [1.807, 2.05) is 0 Å². The minimum absolute atomic E-state index is 0.0839. The molecule has 4 aliphatic carbocycles. The number of hydrogen-bond acceptors (Lipinski definition) is 3. The Morgan fingerprint density at radius 2 is 1.48 bits per heavy atom. The molecule has 1 aliphatic heterocycles. The van der Waals surface area contributed by atoms with Crippen LogP contribution in [0.5, 0.6) is 0 Å². The van der Waals surface area contributed by atoms with Crippen molar-refractivity contribution in [2.75, 3.05) is 6.79 Å². The molecule has 5 fully saturated rings. The lowest BCUT2D eigenvalue weighted by molar-refractivity contribution is -0.150. The predicted molar refractivity (Wildman–Crippen MR) is 78.5 cm³/mol. The Bertz CT molecular complexity index is 411. The van der Waals surface area contributed by atoms with E-state index >= 15 is 0 Å². The molecule has 0 aromatic heterocycles. The van der Waals surface area contributed by atoms with Gasteiger partial charge in [-0.2, -0.15) is 0 Å². The highest BCUT2D eigenvalue weighted by Crippen LogP contribution is 2.59. The highest BCUT2D eigenvalue weighted by atomic mass is 16.7. The fraction of sp³-hybridized carbons (Fsp3) is 1.00. The summed E-state index contributed by atoms with van der Waals surface area (Å²) in [5, 5.41) is 10.7. The second kappa shape index (κ2) is 4.94. The van der Waals surface area contributed by atoms with Crippen LogP contribution in [0.1, 0.15) is 51.4 Å². The second-order valence-electron chi connectivity index (χ2n) is 8.29. The first-order valence-electron chi connectivity index (χ1n) is 9.26. The predicted octanol–water partition coefficient (Wildman–Crippen LogP) is 2.96. The lowest BCUT2D eigenvalue weighted by atomic mass is 9.51. The Labute approximate surface area is 127 Å². The number of ether oxygens (including phenoxy) is 2. The molecule has 9 unspecified atom stereocenters. The quantitative estimate of drug-likeness (QED) is 0.746. The lowest BCUT2D eigenvalue weighted by Gasteiger charge is -2.56. The van der Waals surface area contributed by atoms with Crippen LogP contribution in [0, 0.1) is 35.5 Å². The minimum atomic E-state index is -0.0839. The molecule has 3 nitrogen and oxygen atoms in total. The Hall–Kier alpha value is -0.120. The molecule has 4 saturated carbocycles. The largest absolute Gasteiger partial charge is 0.393 e. The van der Waals surface area contributed by atoms with Gasteiger partial charge in [-0.25, -0.2) is 0 Å². The molecule has 118 valence electrons. The molecular formula is C18H28O3. The summed E-state index contributed by atoms with van der Waals surface area (Å²) < 4.78 is 12.2. The molecule has 1 N–H and O–H groups in total. The van der Waals surface area contributed by atoms with Gasteiger partial charge >= 0.3 is 0 Å². The van der Waals surface area contributed by atoms with Gasteiger partial charge in [-0.3, -0.25) is 0 Å². The first-order chi connectivity index (χ1) is 10.3. The highest BCUT2D eigenvalue weighted by Gasteiger charge is 2.60. The first kappa shape index (κ1) is 13.3. The van der Waals surface area contributed by atoms with Crippen LogP contribution in [-0.2, 0) is 9.47 Å². The zero-order valence-electron chi connectivity index (χ0n) is 12.8. The maximum atomic E-state index is 10.7. The molecule has 0 aromatic carbocycles. The molecule has 9 atom stereocenters. The summed E-state index contributed by atoms with van der Waals surface area (Å²) >= 11 is 0. The van der Waals surface area contributed by atoms with Crippen molar-refractivity contribution in [2.45, 2.75) is 69.7 Å². The van der Waals surface area contributed by atoms with Crippen molar-refractivity contribution in [1.82, 2.24) is 0 Å². The number of aliphatic hydroxyl groups is 1.